The zero-order valence-corrected chi connectivity index (χ0v) is 10.6. The van der Waals surface area contributed by atoms with Gasteiger partial charge in [-0.15, -0.1) is 0 Å². The lowest BCUT2D eigenvalue weighted by molar-refractivity contribution is 1.48. The van der Waals surface area contributed by atoms with Crippen molar-refractivity contribution in [2.24, 2.45) is 0 Å². The van der Waals surface area contributed by atoms with E-state index in [9.17, 15) is 0 Å². The van der Waals surface area contributed by atoms with Crippen LogP contribution in [0.25, 0.3) is 32.3 Å². The molecule has 0 unspecified atom stereocenters. The summed E-state index contributed by atoms with van der Waals surface area (Å²) in [5, 5.41) is 8.33. The standard InChI is InChI=1S/C18H14/c1-11-6-7-14-9-8-13-4-3-5-15-10-12(2)16(11)18(14)17(13)15/h3-10H,1-2H3. The van der Waals surface area contributed by atoms with Gasteiger partial charge in [-0.05, 0) is 57.3 Å². The summed E-state index contributed by atoms with van der Waals surface area (Å²) in [6, 6.07) is 17.8. The molecule has 0 N–H and O–H groups in total. The molecule has 0 radical (unpaired) electrons. The highest BCUT2D eigenvalue weighted by atomic mass is 14.1. The van der Waals surface area contributed by atoms with E-state index in [2.05, 4.69) is 62.4 Å². The fourth-order valence-corrected chi connectivity index (χ4v) is 3.26. The van der Waals surface area contributed by atoms with Crippen molar-refractivity contribution in [3.63, 3.8) is 0 Å². The molecular weight excluding hydrogens is 216 g/mol. The molecule has 18 heavy (non-hydrogen) atoms. The number of benzene rings is 4. The first kappa shape index (κ1) is 9.90. The van der Waals surface area contributed by atoms with E-state index in [0.29, 0.717) is 0 Å². The van der Waals surface area contributed by atoms with E-state index < -0.39 is 0 Å². The Balaban J connectivity index is 2.50. The van der Waals surface area contributed by atoms with Gasteiger partial charge in [0.25, 0.3) is 0 Å². The lowest BCUT2D eigenvalue weighted by atomic mass is 9.90. The Morgan fingerprint density at radius 3 is 2.06 bits per heavy atom. The highest BCUT2D eigenvalue weighted by molar-refractivity contribution is 6.24. The number of rotatable bonds is 0. The van der Waals surface area contributed by atoms with Crippen LogP contribution in [-0.2, 0) is 0 Å². The van der Waals surface area contributed by atoms with Gasteiger partial charge in [0.1, 0.15) is 0 Å². The second kappa shape index (κ2) is 3.23. The minimum atomic E-state index is 1.34. The number of hydrogen-bond donors (Lipinski definition) is 0. The Hall–Kier alpha value is -2.08. The molecule has 0 heteroatoms. The van der Waals surface area contributed by atoms with E-state index in [1.165, 1.54) is 43.4 Å². The molecule has 0 atom stereocenters. The zero-order chi connectivity index (χ0) is 12.3. The van der Waals surface area contributed by atoms with Crippen molar-refractivity contribution < 1.29 is 0 Å². The van der Waals surface area contributed by atoms with Gasteiger partial charge in [-0.2, -0.15) is 0 Å². The zero-order valence-electron chi connectivity index (χ0n) is 10.6. The summed E-state index contributed by atoms with van der Waals surface area (Å²) in [7, 11) is 0. The molecule has 0 spiro atoms. The molecule has 0 saturated carbocycles. The Bertz CT molecular complexity index is 884. The number of aryl methyl sites for hydroxylation is 2. The highest BCUT2D eigenvalue weighted by Gasteiger charge is 2.10. The molecule has 0 aromatic heterocycles. The van der Waals surface area contributed by atoms with E-state index in [0.717, 1.165) is 0 Å². The Labute approximate surface area is 106 Å². The van der Waals surface area contributed by atoms with Gasteiger partial charge in [0.15, 0.2) is 0 Å². The average Bonchev–Trinajstić information content (AvgIpc) is 2.38. The fraction of sp³-hybridized carbons (Fsp3) is 0.111. The van der Waals surface area contributed by atoms with Crippen molar-refractivity contribution in [2.75, 3.05) is 0 Å². The van der Waals surface area contributed by atoms with E-state index in [1.54, 1.807) is 0 Å². The quantitative estimate of drug-likeness (QED) is 0.364. The van der Waals surface area contributed by atoms with E-state index in [1.807, 2.05) is 0 Å². The van der Waals surface area contributed by atoms with Crippen LogP contribution in [0, 0.1) is 13.8 Å². The Morgan fingerprint density at radius 1 is 0.556 bits per heavy atom. The second-order valence-electron chi connectivity index (χ2n) is 5.19. The topological polar surface area (TPSA) is 0 Å². The van der Waals surface area contributed by atoms with Gasteiger partial charge < -0.3 is 0 Å². The van der Waals surface area contributed by atoms with Crippen LogP contribution < -0.4 is 0 Å². The minimum absolute atomic E-state index is 1.34. The van der Waals surface area contributed by atoms with Crippen LogP contribution in [0.5, 0.6) is 0 Å². The lowest BCUT2D eigenvalue weighted by Gasteiger charge is -2.14. The summed E-state index contributed by atoms with van der Waals surface area (Å²) >= 11 is 0. The molecule has 0 amide bonds. The van der Waals surface area contributed by atoms with Crippen LogP contribution in [-0.4, -0.2) is 0 Å². The maximum absolute atomic E-state index is 2.32. The third-order valence-corrected chi connectivity index (χ3v) is 4.03. The number of hydrogen-bond acceptors (Lipinski definition) is 0. The normalized spacial score (nSPS) is 11.9. The molecule has 0 aliphatic rings. The van der Waals surface area contributed by atoms with Crippen LogP contribution in [0.1, 0.15) is 11.1 Å². The van der Waals surface area contributed by atoms with Crippen LogP contribution in [0.4, 0.5) is 0 Å². The molecule has 0 aliphatic carbocycles. The molecule has 0 heterocycles. The molecule has 86 valence electrons. The predicted molar refractivity (Wildman–Crippen MR) is 79.6 cm³/mol. The summed E-state index contributed by atoms with van der Waals surface area (Å²) in [6.45, 7) is 4.43. The fourth-order valence-electron chi connectivity index (χ4n) is 3.26. The molecule has 0 fully saturated rings. The highest BCUT2D eigenvalue weighted by Crippen LogP contribution is 2.37. The molecule has 4 aromatic rings. The monoisotopic (exact) mass is 230 g/mol. The largest absolute Gasteiger partial charge is 0.0610 e. The van der Waals surface area contributed by atoms with Gasteiger partial charge in [-0.3, -0.25) is 0 Å². The van der Waals surface area contributed by atoms with Crippen molar-refractivity contribution >= 4 is 32.3 Å². The summed E-state index contributed by atoms with van der Waals surface area (Å²) in [5.74, 6) is 0. The van der Waals surface area contributed by atoms with E-state index in [-0.39, 0.29) is 0 Å². The molecule has 0 aliphatic heterocycles. The van der Waals surface area contributed by atoms with Crippen LogP contribution in [0.15, 0.2) is 48.5 Å². The van der Waals surface area contributed by atoms with E-state index >= 15 is 0 Å². The first-order valence-electron chi connectivity index (χ1n) is 6.39. The van der Waals surface area contributed by atoms with Crippen molar-refractivity contribution in [3.8, 4) is 0 Å². The van der Waals surface area contributed by atoms with Crippen molar-refractivity contribution in [3.05, 3.63) is 59.7 Å². The summed E-state index contributed by atoms with van der Waals surface area (Å²) in [4.78, 5) is 0. The third-order valence-electron chi connectivity index (χ3n) is 4.03. The molecule has 0 nitrogen and oxygen atoms in total. The van der Waals surface area contributed by atoms with Gasteiger partial charge in [-0.25, -0.2) is 0 Å². The third kappa shape index (κ3) is 1.10. The predicted octanol–water partition coefficient (Wildman–Crippen LogP) is 5.20. The smallest absolute Gasteiger partial charge is 0.00215 e. The minimum Gasteiger partial charge on any atom is -0.0610 e. The van der Waals surface area contributed by atoms with Gasteiger partial charge in [0.05, 0.1) is 0 Å². The molecular formula is C18H14. The Morgan fingerprint density at radius 2 is 1.22 bits per heavy atom. The molecule has 4 rings (SSSR count). The van der Waals surface area contributed by atoms with Gasteiger partial charge >= 0.3 is 0 Å². The molecule has 4 aromatic carbocycles. The van der Waals surface area contributed by atoms with Crippen LogP contribution in [0.2, 0.25) is 0 Å². The van der Waals surface area contributed by atoms with Crippen molar-refractivity contribution in [2.45, 2.75) is 13.8 Å². The van der Waals surface area contributed by atoms with Crippen molar-refractivity contribution in [1.29, 1.82) is 0 Å². The Kier molecular flexibility index (Phi) is 1.78. The first-order chi connectivity index (χ1) is 8.75. The van der Waals surface area contributed by atoms with Crippen molar-refractivity contribution in [1.82, 2.24) is 0 Å². The van der Waals surface area contributed by atoms with Gasteiger partial charge in [0, 0.05) is 0 Å². The van der Waals surface area contributed by atoms with Gasteiger partial charge in [-0.1, -0.05) is 48.5 Å². The maximum Gasteiger partial charge on any atom is -0.00215 e. The SMILES string of the molecule is Cc1ccc2ccc3cccc4cc(C)c1c2c34. The van der Waals surface area contributed by atoms with Crippen LogP contribution in [0.3, 0.4) is 0 Å². The van der Waals surface area contributed by atoms with Crippen LogP contribution >= 0.6 is 0 Å². The molecule has 0 bridgehead atoms. The van der Waals surface area contributed by atoms with E-state index in [4.69, 9.17) is 0 Å². The lowest BCUT2D eigenvalue weighted by Crippen LogP contribution is -1.89. The average molecular weight is 230 g/mol. The first-order valence-corrected chi connectivity index (χ1v) is 6.39. The van der Waals surface area contributed by atoms with Gasteiger partial charge in [0.2, 0.25) is 0 Å². The summed E-state index contributed by atoms with van der Waals surface area (Å²) < 4.78 is 0. The second-order valence-corrected chi connectivity index (χ2v) is 5.19. The summed E-state index contributed by atoms with van der Waals surface area (Å²) in [6.07, 6.45) is 0. The molecule has 0 saturated heterocycles. The maximum atomic E-state index is 2.32. The summed E-state index contributed by atoms with van der Waals surface area (Å²) in [5.41, 5.74) is 2.75.